The first-order valence-electron chi connectivity index (χ1n) is 15.5. The standard InChI is InChI=1S/C32H18N3.C11H7FN.B.Ir.Y/c1-2-12-27(13-3-1)35-30-16-7-6-15-29(30)34-32(35)25-11-8-10-23(19-25)26-20-24-18-17-22-9-4-5-14-28(22)31(24)33-21-26;12-10-6-4-9(5-7-10)11-3-1-2-8-13-11;;;/h1-10,12-18,20H;1-4,6-8H;;;/q-3;-1;;;. The SMILES string of the molecule is Fc1c[c-]c(-c2ccccn2)cc1.[B].[Ir].[Y].[c-]1ccc(-c2[c-]nc3c(ccc4ccccc43)c2)[c-]c1-c1nc2ccccc2n1-c1ccccc1. The Morgan fingerprint density at radius 2 is 1.43 bits per heavy atom. The maximum Gasteiger partial charge on any atom is 0.0668 e. The van der Waals surface area contributed by atoms with Crippen LogP contribution in [0, 0.1) is 30.2 Å². The molecule has 0 amide bonds. The molecule has 0 saturated carbocycles. The van der Waals surface area contributed by atoms with Crippen LogP contribution in [-0.4, -0.2) is 27.9 Å². The number of pyridine rings is 2. The summed E-state index contributed by atoms with van der Waals surface area (Å²) >= 11 is 0. The molecule has 0 bridgehead atoms. The summed E-state index contributed by atoms with van der Waals surface area (Å²) in [5.74, 6) is 0.527. The van der Waals surface area contributed by atoms with Crippen LogP contribution in [0.5, 0.6) is 0 Å². The van der Waals surface area contributed by atoms with E-state index in [1.807, 2.05) is 78.9 Å². The molecular formula is C43H25BFIrN4Y-4. The summed E-state index contributed by atoms with van der Waals surface area (Å²) < 4.78 is 14.7. The van der Waals surface area contributed by atoms with E-state index < -0.39 is 0 Å². The van der Waals surface area contributed by atoms with Gasteiger partial charge in [0.2, 0.25) is 0 Å². The molecule has 51 heavy (non-hydrogen) atoms. The molecule has 5 radical (unpaired) electrons. The predicted molar refractivity (Wildman–Crippen MR) is 195 cm³/mol. The largest absolute Gasteiger partial charge is 0.374 e. The summed E-state index contributed by atoms with van der Waals surface area (Å²) in [6.07, 6.45) is 4.95. The number of hydrogen-bond donors (Lipinski definition) is 0. The van der Waals surface area contributed by atoms with Gasteiger partial charge in [0.1, 0.15) is 0 Å². The van der Waals surface area contributed by atoms with Gasteiger partial charge in [-0.3, -0.25) is 27.7 Å². The van der Waals surface area contributed by atoms with E-state index in [9.17, 15) is 4.39 Å². The first kappa shape index (κ1) is 37.6. The fourth-order valence-electron chi connectivity index (χ4n) is 5.77. The zero-order valence-corrected chi connectivity index (χ0v) is 32.3. The van der Waals surface area contributed by atoms with E-state index in [1.54, 1.807) is 12.3 Å². The molecule has 0 aliphatic carbocycles. The third-order valence-corrected chi connectivity index (χ3v) is 8.06. The third kappa shape index (κ3) is 7.98. The van der Waals surface area contributed by atoms with Gasteiger partial charge >= 0.3 is 0 Å². The molecule has 3 heterocycles. The summed E-state index contributed by atoms with van der Waals surface area (Å²) in [4.78, 5) is 13.8. The van der Waals surface area contributed by atoms with Crippen molar-refractivity contribution >= 4 is 41.1 Å². The summed E-state index contributed by atoms with van der Waals surface area (Å²) in [6.45, 7) is 0. The second kappa shape index (κ2) is 17.0. The van der Waals surface area contributed by atoms with Crippen molar-refractivity contribution in [2.24, 2.45) is 0 Å². The average Bonchev–Trinajstić information content (AvgIpc) is 3.56. The summed E-state index contributed by atoms with van der Waals surface area (Å²) in [5, 5.41) is 3.39. The Kier molecular flexibility index (Phi) is 12.6. The number of fused-ring (bicyclic) bond motifs is 4. The molecule has 6 aromatic carbocycles. The second-order valence-electron chi connectivity index (χ2n) is 11.1. The Labute approximate surface area is 336 Å². The Morgan fingerprint density at radius 3 is 2.24 bits per heavy atom. The Hall–Kier alpha value is -4.64. The quantitative estimate of drug-likeness (QED) is 0.100. The molecule has 3 aromatic heterocycles. The van der Waals surface area contributed by atoms with E-state index in [4.69, 9.17) is 9.97 Å². The van der Waals surface area contributed by atoms with Gasteiger partial charge in [-0.25, -0.2) is 6.07 Å². The van der Waals surface area contributed by atoms with Crippen molar-refractivity contribution in [2.75, 3.05) is 0 Å². The van der Waals surface area contributed by atoms with Crippen molar-refractivity contribution in [3.8, 4) is 39.5 Å². The summed E-state index contributed by atoms with van der Waals surface area (Å²) in [6, 6.07) is 56.7. The monoisotopic (exact) mass is 909 g/mol. The van der Waals surface area contributed by atoms with Crippen molar-refractivity contribution in [1.82, 2.24) is 19.5 Å². The van der Waals surface area contributed by atoms with E-state index >= 15 is 0 Å². The van der Waals surface area contributed by atoms with Crippen molar-refractivity contribution in [2.45, 2.75) is 0 Å². The van der Waals surface area contributed by atoms with Crippen LogP contribution in [0.15, 0.2) is 152 Å². The number of nitrogens with zero attached hydrogens (tertiary/aromatic N) is 4. The van der Waals surface area contributed by atoms with E-state index in [0.717, 1.165) is 66.8 Å². The maximum absolute atomic E-state index is 12.6. The van der Waals surface area contributed by atoms with Gasteiger partial charge in [-0.1, -0.05) is 84.2 Å². The van der Waals surface area contributed by atoms with Crippen LogP contribution in [0.3, 0.4) is 0 Å². The normalized spacial score (nSPS) is 10.4. The van der Waals surface area contributed by atoms with Crippen LogP contribution in [0.2, 0.25) is 0 Å². The number of aromatic nitrogens is 4. The van der Waals surface area contributed by atoms with Gasteiger partial charge in [0, 0.05) is 78.9 Å². The smallest absolute Gasteiger partial charge is 0.0668 e. The molecule has 0 fully saturated rings. The molecular weight excluding hydrogens is 883 g/mol. The third-order valence-electron chi connectivity index (χ3n) is 8.06. The van der Waals surface area contributed by atoms with Crippen molar-refractivity contribution in [1.29, 1.82) is 0 Å². The van der Waals surface area contributed by atoms with Crippen LogP contribution in [-0.2, 0) is 52.8 Å². The molecule has 243 valence electrons. The fourth-order valence-corrected chi connectivity index (χ4v) is 5.77. The van der Waals surface area contributed by atoms with Crippen molar-refractivity contribution < 1.29 is 57.2 Å². The molecule has 9 rings (SSSR count). The number of hydrogen-bond acceptors (Lipinski definition) is 3. The average molecular weight is 909 g/mol. The number of rotatable bonds is 4. The van der Waals surface area contributed by atoms with Gasteiger partial charge < -0.3 is 25.6 Å². The van der Waals surface area contributed by atoms with E-state index in [-0.39, 0.29) is 67.0 Å². The predicted octanol–water partition coefficient (Wildman–Crippen LogP) is 9.76. The molecule has 0 spiro atoms. The first-order chi connectivity index (χ1) is 23.7. The van der Waals surface area contributed by atoms with Crippen LogP contribution < -0.4 is 0 Å². The number of halogens is 1. The molecule has 0 saturated heterocycles. The fraction of sp³-hybridized carbons (Fsp3) is 0. The maximum atomic E-state index is 12.6. The number of imidazole rings is 1. The molecule has 4 nitrogen and oxygen atoms in total. The topological polar surface area (TPSA) is 43.6 Å². The molecule has 0 unspecified atom stereocenters. The van der Waals surface area contributed by atoms with E-state index in [1.165, 1.54) is 17.5 Å². The summed E-state index contributed by atoms with van der Waals surface area (Å²) in [7, 11) is 0. The molecule has 0 aliphatic rings. The molecule has 9 aromatic rings. The second-order valence-corrected chi connectivity index (χ2v) is 11.1. The van der Waals surface area contributed by atoms with Crippen LogP contribution in [0.1, 0.15) is 0 Å². The van der Waals surface area contributed by atoms with Gasteiger partial charge in [0.05, 0.1) is 11.0 Å². The van der Waals surface area contributed by atoms with Crippen LogP contribution in [0.25, 0.3) is 72.2 Å². The van der Waals surface area contributed by atoms with Crippen LogP contribution in [0.4, 0.5) is 4.39 Å². The van der Waals surface area contributed by atoms with Gasteiger partial charge in [0.25, 0.3) is 0 Å². The molecule has 0 aliphatic heterocycles. The van der Waals surface area contributed by atoms with Gasteiger partial charge in [-0.2, -0.15) is 5.56 Å². The number of para-hydroxylation sites is 3. The van der Waals surface area contributed by atoms with Crippen molar-refractivity contribution in [3.63, 3.8) is 0 Å². The Bertz CT molecular complexity index is 2530. The van der Waals surface area contributed by atoms with Crippen LogP contribution >= 0.6 is 0 Å². The van der Waals surface area contributed by atoms with Gasteiger partial charge in [0.15, 0.2) is 0 Å². The zero-order valence-electron chi connectivity index (χ0n) is 27.1. The first-order valence-corrected chi connectivity index (χ1v) is 15.5. The Balaban J connectivity index is 0.000000269. The molecule has 0 atom stereocenters. The van der Waals surface area contributed by atoms with E-state index in [2.05, 4.69) is 82.5 Å². The van der Waals surface area contributed by atoms with Gasteiger partial charge in [-0.05, 0) is 64.3 Å². The minimum atomic E-state index is -0.278. The van der Waals surface area contributed by atoms with Gasteiger partial charge in [-0.15, -0.1) is 35.9 Å². The minimum Gasteiger partial charge on any atom is -0.374 e. The van der Waals surface area contributed by atoms with Crippen molar-refractivity contribution in [3.05, 3.63) is 182 Å². The zero-order chi connectivity index (χ0) is 32.3. The molecule has 8 heteroatoms. The van der Waals surface area contributed by atoms with E-state index in [0.29, 0.717) is 0 Å². The summed E-state index contributed by atoms with van der Waals surface area (Å²) in [5.41, 5.74) is 8.21. The number of benzene rings is 6. The Morgan fingerprint density at radius 1 is 0.667 bits per heavy atom. The molecule has 0 N–H and O–H groups in total. The minimum absolute atomic E-state index is 0.